The van der Waals surface area contributed by atoms with Crippen LogP contribution < -0.4 is 10.6 Å². The summed E-state index contributed by atoms with van der Waals surface area (Å²) in [5.41, 5.74) is 1.76. The number of hydrogen-bond donors (Lipinski definition) is 2. The number of anilines is 1. The summed E-state index contributed by atoms with van der Waals surface area (Å²) in [6.45, 7) is 9.18. The fraction of sp³-hybridized carbons (Fsp3) is 0.500. The molecule has 1 aromatic carbocycles. The second-order valence-electron chi connectivity index (χ2n) is 4.98. The Hall–Kier alpha value is -1.51. The zero-order chi connectivity index (χ0) is 12.8. The highest BCUT2D eigenvalue weighted by Crippen LogP contribution is 2.10. The lowest BCUT2D eigenvalue weighted by atomic mass is 10.1. The van der Waals surface area contributed by atoms with Crippen LogP contribution in [-0.4, -0.2) is 18.5 Å². The predicted octanol–water partition coefficient (Wildman–Crippen LogP) is 2.89. The first-order valence-electron chi connectivity index (χ1n) is 6.14. The van der Waals surface area contributed by atoms with Gasteiger partial charge in [0.05, 0.1) is 0 Å². The Kier molecular flexibility index (Phi) is 5.01. The number of rotatable bonds is 5. The molecule has 0 atom stereocenters. The van der Waals surface area contributed by atoms with Crippen molar-refractivity contribution in [3.8, 4) is 0 Å². The van der Waals surface area contributed by atoms with Crippen LogP contribution in [0.3, 0.4) is 0 Å². The van der Waals surface area contributed by atoms with Crippen LogP contribution in [0.4, 0.5) is 5.69 Å². The molecule has 0 spiro atoms. The van der Waals surface area contributed by atoms with Crippen LogP contribution >= 0.6 is 0 Å². The first-order valence-corrected chi connectivity index (χ1v) is 6.14. The zero-order valence-electron chi connectivity index (χ0n) is 11.1. The topological polar surface area (TPSA) is 41.1 Å². The van der Waals surface area contributed by atoms with Gasteiger partial charge in [0.1, 0.15) is 0 Å². The zero-order valence-corrected chi connectivity index (χ0v) is 11.1. The van der Waals surface area contributed by atoms with E-state index >= 15 is 0 Å². The monoisotopic (exact) mass is 234 g/mol. The van der Waals surface area contributed by atoms with E-state index in [2.05, 4.69) is 24.5 Å². The highest BCUT2D eigenvalue weighted by molar-refractivity contribution is 5.94. The molecule has 0 bridgehead atoms. The van der Waals surface area contributed by atoms with Crippen LogP contribution in [-0.2, 0) is 0 Å². The molecule has 0 saturated carbocycles. The molecule has 94 valence electrons. The van der Waals surface area contributed by atoms with Crippen LogP contribution in [0.5, 0.6) is 0 Å². The summed E-state index contributed by atoms with van der Waals surface area (Å²) in [4.78, 5) is 11.7. The van der Waals surface area contributed by atoms with Gasteiger partial charge in [0.25, 0.3) is 5.91 Å². The molecule has 0 aliphatic rings. The number of carbonyl (C=O) groups is 1. The van der Waals surface area contributed by atoms with Crippen LogP contribution in [0.1, 0.15) is 38.1 Å². The van der Waals surface area contributed by atoms with E-state index in [0.717, 1.165) is 12.2 Å². The highest BCUT2D eigenvalue weighted by Gasteiger charge is 2.06. The summed E-state index contributed by atoms with van der Waals surface area (Å²) in [5.74, 6) is 0.592. The molecule has 1 amide bonds. The fourth-order valence-electron chi connectivity index (χ4n) is 1.41. The summed E-state index contributed by atoms with van der Waals surface area (Å²) >= 11 is 0. The number of nitrogens with one attached hydrogen (secondary N) is 2. The Balaban J connectivity index is 2.58. The molecule has 17 heavy (non-hydrogen) atoms. The molecule has 0 aliphatic heterocycles. The van der Waals surface area contributed by atoms with Gasteiger partial charge in [-0.3, -0.25) is 4.79 Å². The first kappa shape index (κ1) is 13.6. The third-order valence-electron chi connectivity index (χ3n) is 2.28. The summed E-state index contributed by atoms with van der Waals surface area (Å²) in [7, 11) is 0. The largest absolute Gasteiger partial charge is 0.385 e. The van der Waals surface area contributed by atoms with E-state index in [9.17, 15) is 4.79 Å². The van der Waals surface area contributed by atoms with Crippen LogP contribution in [0.15, 0.2) is 24.3 Å². The van der Waals surface area contributed by atoms with E-state index in [4.69, 9.17) is 0 Å². The van der Waals surface area contributed by atoms with Crippen molar-refractivity contribution in [3.63, 3.8) is 0 Å². The molecule has 0 aromatic heterocycles. The van der Waals surface area contributed by atoms with Crippen molar-refractivity contribution in [2.24, 2.45) is 5.92 Å². The Labute approximate surface area is 104 Å². The lowest BCUT2D eigenvalue weighted by molar-refractivity contribution is 0.0943. The Morgan fingerprint density at radius 3 is 2.18 bits per heavy atom. The number of amides is 1. The van der Waals surface area contributed by atoms with Crippen molar-refractivity contribution in [2.75, 3.05) is 11.9 Å². The van der Waals surface area contributed by atoms with Crippen LogP contribution in [0.2, 0.25) is 0 Å². The molecule has 1 aromatic rings. The fourth-order valence-corrected chi connectivity index (χ4v) is 1.41. The third kappa shape index (κ3) is 4.89. The highest BCUT2D eigenvalue weighted by atomic mass is 16.1. The van der Waals surface area contributed by atoms with Crippen LogP contribution in [0, 0.1) is 5.92 Å². The standard InChI is InChI=1S/C14H22N2O/c1-10(2)9-15-13-7-5-12(6-8-13)14(17)16-11(3)4/h5-8,10-11,15H,9H2,1-4H3,(H,16,17). The van der Waals surface area contributed by atoms with Crippen molar-refractivity contribution in [3.05, 3.63) is 29.8 Å². The Morgan fingerprint density at radius 1 is 1.12 bits per heavy atom. The quantitative estimate of drug-likeness (QED) is 0.822. The molecule has 0 heterocycles. The van der Waals surface area contributed by atoms with Crippen molar-refractivity contribution >= 4 is 11.6 Å². The first-order chi connectivity index (χ1) is 7.99. The van der Waals surface area contributed by atoms with E-state index < -0.39 is 0 Å². The lowest BCUT2D eigenvalue weighted by Gasteiger charge is -2.11. The van der Waals surface area contributed by atoms with Crippen molar-refractivity contribution in [1.82, 2.24) is 5.32 Å². The van der Waals surface area contributed by atoms with Gasteiger partial charge in [0.2, 0.25) is 0 Å². The van der Waals surface area contributed by atoms with Gasteiger partial charge in [-0.05, 0) is 44.0 Å². The smallest absolute Gasteiger partial charge is 0.251 e. The summed E-state index contributed by atoms with van der Waals surface area (Å²) in [6, 6.07) is 7.75. The summed E-state index contributed by atoms with van der Waals surface area (Å²) < 4.78 is 0. The Bertz CT molecular complexity index is 355. The van der Waals surface area contributed by atoms with Gasteiger partial charge in [-0.1, -0.05) is 13.8 Å². The van der Waals surface area contributed by atoms with Crippen LogP contribution in [0.25, 0.3) is 0 Å². The van der Waals surface area contributed by atoms with Crippen molar-refractivity contribution < 1.29 is 4.79 Å². The maximum Gasteiger partial charge on any atom is 0.251 e. The molecular formula is C14H22N2O. The molecule has 0 unspecified atom stereocenters. The molecule has 0 fully saturated rings. The van der Waals surface area contributed by atoms with Crippen molar-refractivity contribution in [2.45, 2.75) is 33.7 Å². The average molecular weight is 234 g/mol. The molecule has 3 nitrogen and oxygen atoms in total. The average Bonchev–Trinajstić information content (AvgIpc) is 2.26. The molecular weight excluding hydrogens is 212 g/mol. The van der Waals surface area contributed by atoms with Gasteiger partial charge in [-0.2, -0.15) is 0 Å². The van der Waals surface area contributed by atoms with Crippen molar-refractivity contribution in [1.29, 1.82) is 0 Å². The molecule has 2 N–H and O–H groups in total. The van der Waals surface area contributed by atoms with E-state index in [-0.39, 0.29) is 11.9 Å². The van der Waals surface area contributed by atoms with E-state index in [1.165, 1.54) is 0 Å². The van der Waals surface area contributed by atoms with Gasteiger partial charge >= 0.3 is 0 Å². The molecule has 1 rings (SSSR count). The van der Waals surface area contributed by atoms with E-state index in [0.29, 0.717) is 11.5 Å². The van der Waals surface area contributed by atoms with Gasteiger partial charge in [0.15, 0.2) is 0 Å². The van der Waals surface area contributed by atoms with Gasteiger partial charge in [-0.15, -0.1) is 0 Å². The lowest BCUT2D eigenvalue weighted by Crippen LogP contribution is -2.29. The number of hydrogen-bond acceptors (Lipinski definition) is 2. The maximum atomic E-state index is 11.7. The minimum Gasteiger partial charge on any atom is -0.385 e. The maximum absolute atomic E-state index is 11.7. The minimum absolute atomic E-state index is 0.0181. The molecule has 3 heteroatoms. The second-order valence-corrected chi connectivity index (χ2v) is 4.98. The number of carbonyl (C=O) groups excluding carboxylic acids is 1. The van der Waals surface area contributed by atoms with E-state index in [1.807, 2.05) is 38.1 Å². The summed E-state index contributed by atoms with van der Waals surface area (Å²) in [6.07, 6.45) is 0. The second kappa shape index (κ2) is 6.28. The molecule has 0 aliphatic carbocycles. The van der Waals surface area contributed by atoms with E-state index in [1.54, 1.807) is 0 Å². The molecule has 0 saturated heterocycles. The third-order valence-corrected chi connectivity index (χ3v) is 2.28. The SMILES string of the molecule is CC(C)CNc1ccc(C(=O)NC(C)C)cc1. The predicted molar refractivity (Wildman–Crippen MR) is 72.4 cm³/mol. The molecule has 0 radical (unpaired) electrons. The normalized spacial score (nSPS) is 10.7. The van der Waals surface area contributed by atoms with Gasteiger partial charge in [-0.25, -0.2) is 0 Å². The Morgan fingerprint density at radius 2 is 1.71 bits per heavy atom. The van der Waals surface area contributed by atoms with Gasteiger partial charge in [0, 0.05) is 23.8 Å². The van der Waals surface area contributed by atoms with Gasteiger partial charge < -0.3 is 10.6 Å². The minimum atomic E-state index is -0.0181. The number of benzene rings is 1. The summed E-state index contributed by atoms with van der Waals surface area (Å²) in [5, 5.41) is 6.19.